The van der Waals surface area contributed by atoms with E-state index in [9.17, 15) is 4.79 Å². The monoisotopic (exact) mass is 282 g/mol. The summed E-state index contributed by atoms with van der Waals surface area (Å²) in [6.07, 6.45) is 7.56. The van der Waals surface area contributed by atoms with Crippen LogP contribution in [0.15, 0.2) is 36.4 Å². The van der Waals surface area contributed by atoms with Crippen LogP contribution in [-0.2, 0) is 0 Å². The second-order valence-electron chi connectivity index (χ2n) is 5.81. The molecule has 1 amide bonds. The molecule has 1 aromatic carbocycles. The summed E-state index contributed by atoms with van der Waals surface area (Å²) in [6, 6.07) is 8.40. The first-order valence-corrected chi connectivity index (χ1v) is 7.42. The van der Waals surface area contributed by atoms with Crippen molar-refractivity contribution in [1.29, 1.82) is 0 Å². The van der Waals surface area contributed by atoms with Gasteiger partial charge in [0, 0.05) is 23.0 Å². The van der Waals surface area contributed by atoms with Gasteiger partial charge in [-0.3, -0.25) is 4.79 Å². The molecule has 2 bridgehead atoms. The predicted octanol–water partition coefficient (Wildman–Crippen LogP) is 3.11. The Balaban J connectivity index is 1.70. The molecule has 2 aliphatic heterocycles. The summed E-state index contributed by atoms with van der Waals surface area (Å²) in [5, 5.41) is 1.04. The summed E-state index contributed by atoms with van der Waals surface area (Å²) in [6.45, 7) is 0. The number of benzene rings is 1. The van der Waals surface area contributed by atoms with E-state index in [0.717, 1.165) is 35.9 Å². The lowest BCUT2D eigenvalue weighted by Crippen LogP contribution is -2.42. The minimum Gasteiger partial charge on any atom is -0.497 e. The smallest absolute Gasteiger partial charge is 0.271 e. The van der Waals surface area contributed by atoms with Gasteiger partial charge in [-0.1, -0.05) is 12.2 Å². The zero-order chi connectivity index (χ0) is 14.4. The van der Waals surface area contributed by atoms with Crippen molar-refractivity contribution in [1.82, 2.24) is 9.88 Å². The second-order valence-corrected chi connectivity index (χ2v) is 5.81. The topological polar surface area (TPSA) is 45.3 Å². The number of fused-ring (bicyclic) bond motifs is 3. The average molecular weight is 282 g/mol. The first-order chi connectivity index (χ1) is 10.3. The third-order valence-corrected chi connectivity index (χ3v) is 4.61. The van der Waals surface area contributed by atoms with Gasteiger partial charge < -0.3 is 14.6 Å². The number of hydrogen-bond acceptors (Lipinski definition) is 2. The van der Waals surface area contributed by atoms with Crippen molar-refractivity contribution in [3.8, 4) is 5.75 Å². The first kappa shape index (κ1) is 12.5. The molecule has 4 nitrogen and oxygen atoms in total. The second kappa shape index (κ2) is 4.65. The van der Waals surface area contributed by atoms with E-state index in [4.69, 9.17) is 4.74 Å². The molecule has 2 unspecified atom stereocenters. The molecule has 1 aromatic heterocycles. The fourth-order valence-corrected chi connectivity index (χ4v) is 3.53. The fraction of sp³-hybridized carbons (Fsp3) is 0.353. The van der Waals surface area contributed by atoms with Gasteiger partial charge in [0.25, 0.3) is 5.91 Å². The number of methoxy groups -OCH3 is 1. The Kier molecular flexibility index (Phi) is 2.77. The van der Waals surface area contributed by atoms with Crippen LogP contribution in [0, 0.1) is 0 Å². The maximum atomic E-state index is 12.8. The van der Waals surface area contributed by atoms with Crippen LogP contribution in [0.4, 0.5) is 0 Å². The Bertz CT molecular complexity index is 731. The van der Waals surface area contributed by atoms with Gasteiger partial charge in [-0.25, -0.2) is 0 Å². The SMILES string of the molecule is COc1ccc2cc(C(=O)N3C4C=CCC3CC4)[nH]c2c1. The largest absolute Gasteiger partial charge is 0.497 e. The van der Waals surface area contributed by atoms with E-state index < -0.39 is 0 Å². The molecule has 2 aromatic rings. The number of rotatable bonds is 2. The zero-order valence-corrected chi connectivity index (χ0v) is 12.0. The van der Waals surface area contributed by atoms with E-state index >= 15 is 0 Å². The molecule has 3 heterocycles. The van der Waals surface area contributed by atoms with Crippen molar-refractivity contribution in [2.45, 2.75) is 31.3 Å². The molecule has 2 aliphatic rings. The van der Waals surface area contributed by atoms with Gasteiger partial charge in [0.15, 0.2) is 0 Å². The van der Waals surface area contributed by atoms with Gasteiger partial charge in [0.2, 0.25) is 0 Å². The van der Waals surface area contributed by atoms with Crippen LogP contribution in [-0.4, -0.2) is 35.0 Å². The molecule has 0 aliphatic carbocycles. The summed E-state index contributed by atoms with van der Waals surface area (Å²) in [5.74, 6) is 0.909. The Morgan fingerprint density at radius 3 is 3.05 bits per heavy atom. The van der Waals surface area contributed by atoms with Gasteiger partial charge >= 0.3 is 0 Å². The minimum absolute atomic E-state index is 0.113. The molecule has 108 valence electrons. The summed E-state index contributed by atoms with van der Waals surface area (Å²) >= 11 is 0. The number of carbonyl (C=O) groups is 1. The lowest BCUT2D eigenvalue weighted by atomic mass is 10.1. The quantitative estimate of drug-likeness (QED) is 0.860. The van der Waals surface area contributed by atoms with Crippen molar-refractivity contribution in [3.63, 3.8) is 0 Å². The van der Waals surface area contributed by atoms with Gasteiger partial charge in [-0.15, -0.1) is 0 Å². The standard InChI is InChI=1S/C17H18N2O2/c1-21-14-8-5-11-9-16(18-15(11)10-14)17(20)19-12-3-2-4-13(19)7-6-12/h2-3,5,8-10,12-13,18H,4,6-7H2,1H3. The predicted molar refractivity (Wildman–Crippen MR) is 81.6 cm³/mol. The van der Waals surface area contributed by atoms with E-state index in [1.165, 1.54) is 0 Å². The summed E-state index contributed by atoms with van der Waals surface area (Å²) < 4.78 is 5.23. The van der Waals surface area contributed by atoms with Crippen LogP contribution in [0.2, 0.25) is 0 Å². The lowest BCUT2D eigenvalue weighted by Gasteiger charge is -2.31. The van der Waals surface area contributed by atoms with Crippen LogP contribution >= 0.6 is 0 Å². The highest BCUT2D eigenvalue weighted by Gasteiger charge is 2.37. The number of aromatic amines is 1. The Morgan fingerprint density at radius 1 is 1.33 bits per heavy atom. The molecule has 1 fully saturated rings. The molecule has 1 saturated heterocycles. The van der Waals surface area contributed by atoms with Gasteiger partial charge in [0.1, 0.15) is 11.4 Å². The highest BCUT2D eigenvalue weighted by atomic mass is 16.5. The highest BCUT2D eigenvalue weighted by molar-refractivity contribution is 5.98. The van der Waals surface area contributed by atoms with E-state index in [0.29, 0.717) is 11.7 Å². The van der Waals surface area contributed by atoms with Gasteiger partial charge in [-0.2, -0.15) is 0 Å². The van der Waals surface area contributed by atoms with E-state index in [1.807, 2.05) is 29.2 Å². The van der Waals surface area contributed by atoms with E-state index in [-0.39, 0.29) is 11.9 Å². The third kappa shape index (κ3) is 1.94. The molecule has 4 rings (SSSR count). The molecule has 0 spiro atoms. The van der Waals surface area contributed by atoms with Crippen LogP contribution in [0.3, 0.4) is 0 Å². The third-order valence-electron chi connectivity index (χ3n) is 4.61. The van der Waals surface area contributed by atoms with Crippen molar-refractivity contribution < 1.29 is 9.53 Å². The van der Waals surface area contributed by atoms with Crippen LogP contribution in [0.25, 0.3) is 10.9 Å². The number of nitrogens with zero attached hydrogens (tertiary/aromatic N) is 1. The number of amides is 1. The average Bonchev–Trinajstić information content (AvgIpc) is 3.04. The lowest BCUT2D eigenvalue weighted by molar-refractivity contribution is 0.0684. The van der Waals surface area contributed by atoms with Crippen LogP contribution in [0.5, 0.6) is 5.75 Å². The number of nitrogens with one attached hydrogen (secondary N) is 1. The molecular weight excluding hydrogens is 264 g/mol. The number of aromatic nitrogens is 1. The van der Waals surface area contributed by atoms with Gasteiger partial charge in [-0.05, 0) is 37.5 Å². The Hall–Kier alpha value is -2.23. The first-order valence-electron chi connectivity index (χ1n) is 7.42. The molecule has 0 radical (unpaired) electrons. The summed E-state index contributed by atoms with van der Waals surface area (Å²) in [5.41, 5.74) is 1.61. The molecule has 21 heavy (non-hydrogen) atoms. The number of hydrogen-bond donors (Lipinski definition) is 1. The van der Waals surface area contributed by atoms with E-state index in [1.54, 1.807) is 7.11 Å². The normalized spacial score (nSPS) is 23.8. The molecule has 2 atom stereocenters. The number of ether oxygens (including phenoxy) is 1. The number of H-pyrrole nitrogens is 1. The molecular formula is C17H18N2O2. The highest BCUT2D eigenvalue weighted by Crippen LogP contribution is 2.33. The summed E-state index contributed by atoms with van der Waals surface area (Å²) in [7, 11) is 1.65. The number of carbonyl (C=O) groups excluding carboxylic acids is 1. The van der Waals surface area contributed by atoms with Crippen molar-refractivity contribution in [2.24, 2.45) is 0 Å². The zero-order valence-electron chi connectivity index (χ0n) is 12.0. The maximum Gasteiger partial charge on any atom is 0.271 e. The minimum atomic E-state index is 0.113. The maximum absolute atomic E-state index is 12.8. The van der Waals surface area contributed by atoms with Crippen LogP contribution < -0.4 is 4.74 Å². The molecule has 4 heteroatoms. The Labute approximate surface area is 123 Å². The van der Waals surface area contributed by atoms with Crippen molar-refractivity contribution in [3.05, 3.63) is 42.1 Å². The fourth-order valence-electron chi connectivity index (χ4n) is 3.53. The molecule has 0 saturated carbocycles. The van der Waals surface area contributed by atoms with Gasteiger partial charge in [0.05, 0.1) is 13.2 Å². The van der Waals surface area contributed by atoms with Crippen molar-refractivity contribution in [2.75, 3.05) is 7.11 Å². The van der Waals surface area contributed by atoms with Crippen molar-refractivity contribution >= 4 is 16.8 Å². The summed E-state index contributed by atoms with van der Waals surface area (Å²) in [4.78, 5) is 18.1. The Morgan fingerprint density at radius 2 is 2.24 bits per heavy atom. The van der Waals surface area contributed by atoms with Crippen LogP contribution in [0.1, 0.15) is 29.8 Å². The van der Waals surface area contributed by atoms with E-state index in [2.05, 4.69) is 17.1 Å². The molecule has 1 N–H and O–H groups in total.